The molecule has 0 saturated carbocycles. The lowest BCUT2D eigenvalue weighted by molar-refractivity contribution is -0.246. The Morgan fingerprint density at radius 1 is 1.09 bits per heavy atom. The SMILES string of the molecule is O=C(c1cc(-c2cnn(CCO)c2)c2c(c1)C(O)(C(F)(F)F)c1ccccc1-2)N1CCCC1. The minimum Gasteiger partial charge on any atom is -0.394 e. The van der Waals surface area contributed by atoms with Crippen molar-refractivity contribution >= 4 is 5.91 Å². The number of fused-ring (bicyclic) bond motifs is 3. The maximum Gasteiger partial charge on any atom is 0.425 e. The molecule has 33 heavy (non-hydrogen) atoms. The van der Waals surface area contributed by atoms with Crippen molar-refractivity contribution in [3.8, 4) is 22.3 Å². The first kappa shape index (κ1) is 21.7. The Morgan fingerprint density at radius 2 is 1.82 bits per heavy atom. The molecule has 1 aliphatic heterocycles. The largest absolute Gasteiger partial charge is 0.425 e. The van der Waals surface area contributed by atoms with Crippen LogP contribution >= 0.6 is 0 Å². The quantitative estimate of drug-likeness (QED) is 0.628. The van der Waals surface area contributed by atoms with E-state index in [4.69, 9.17) is 0 Å². The Hall–Kier alpha value is -3.17. The summed E-state index contributed by atoms with van der Waals surface area (Å²) >= 11 is 0. The highest BCUT2D eigenvalue weighted by atomic mass is 19.4. The topological polar surface area (TPSA) is 78.6 Å². The van der Waals surface area contributed by atoms with Gasteiger partial charge in [-0.1, -0.05) is 24.3 Å². The third kappa shape index (κ3) is 3.26. The Labute approximate surface area is 187 Å². The maximum atomic E-state index is 14.4. The van der Waals surface area contributed by atoms with Crippen LogP contribution in [0.4, 0.5) is 13.2 Å². The van der Waals surface area contributed by atoms with E-state index in [1.54, 1.807) is 29.3 Å². The summed E-state index contributed by atoms with van der Waals surface area (Å²) in [5.74, 6) is -0.361. The summed E-state index contributed by atoms with van der Waals surface area (Å²) < 4.78 is 44.6. The Kier molecular flexibility index (Phi) is 5.06. The maximum absolute atomic E-state index is 14.4. The van der Waals surface area contributed by atoms with Crippen LogP contribution in [0.25, 0.3) is 22.3 Å². The van der Waals surface area contributed by atoms with Crippen molar-refractivity contribution in [2.24, 2.45) is 0 Å². The zero-order chi connectivity index (χ0) is 23.4. The van der Waals surface area contributed by atoms with E-state index in [-0.39, 0.29) is 46.9 Å². The van der Waals surface area contributed by atoms with Crippen LogP contribution in [-0.4, -0.2) is 56.7 Å². The molecular weight excluding hydrogens is 435 g/mol. The molecular formula is C24H22F3N3O3. The molecule has 1 atom stereocenters. The van der Waals surface area contributed by atoms with Gasteiger partial charge in [-0.2, -0.15) is 18.3 Å². The molecule has 3 aromatic rings. The summed E-state index contributed by atoms with van der Waals surface area (Å²) in [6, 6.07) is 8.65. The van der Waals surface area contributed by atoms with Gasteiger partial charge in [0.05, 0.1) is 19.3 Å². The van der Waals surface area contributed by atoms with Gasteiger partial charge in [-0.3, -0.25) is 9.48 Å². The summed E-state index contributed by atoms with van der Waals surface area (Å²) in [6.07, 6.45) is -0.209. The lowest BCUT2D eigenvalue weighted by atomic mass is 9.87. The average molecular weight is 457 g/mol. The fraction of sp³-hybridized carbons (Fsp3) is 0.333. The molecule has 0 spiro atoms. The Bertz CT molecular complexity index is 1230. The molecule has 2 aliphatic rings. The van der Waals surface area contributed by atoms with Gasteiger partial charge in [-0.15, -0.1) is 0 Å². The number of benzene rings is 2. The predicted octanol–water partition coefficient (Wildman–Crippen LogP) is 3.56. The molecule has 1 amide bonds. The molecule has 6 nitrogen and oxygen atoms in total. The number of aliphatic hydroxyl groups excluding tert-OH is 1. The van der Waals surface area contributed by atoms with Crippen molar-refractivity contribution in [2.45, 2.75) is 31.2 Å². The highest BCUT2D eigenvalue weighted by molar-refractivity contribution is 6.01. The van der Waals surface area contributed by atoms with Gasteiger partial charge in [0.25, 0.3) is 5.91 Å². The van der Waals surface area contributed by atoms with E-state index in [2.05, 4.69) is 5.10 Å². The molecule has 9 heteroatoms. The average Bonchev–Trinajstić information content (AvgIpc) is 3.53. The number of hydrogen-bond acceptors (Lipinski definition) is 4. The van der Waals surface area contributed by atoms with Crippen molar-refractivity contribution in [1.82, 2.24) is 14.7 Å². The second kappa shape index (κ2) is 7.71. The molecule has 2 aromatic carbocycles. The van der Waals surface area contributed by atoms with Crippen LogP contribution < -0.4 is 0 Å². The first-order chi connectivity index (χ1) is 15.8. The van der Waals surface area contributed by atoms with Gasteiger partial charge in [0.1, 0.15) is 0 Å². The van der Waals surface area contributed by atoms with Crippen LogP contribution in [0.1, 0.15) is 34.3 Å². The lowest BCUT2D eigenvalue weighted by Crippen LogP contribution is -2.41. The number of aromatic nitrogens is 2. The first-order valence-corrected chi connectivity index (χ1v) is 10.8. The second-order valence-electron chi connectivity index (χ2n) is 8.42. The number of amides is 1. The molecule has 1 fully saturated rings. The van der Waals surface area contributed by atoms with E-state index in [1.807, 2.05) is 0 Å². The number of aliphatic hydroxyl groups is 2. The first-order valence-electron chi connectivity index (χ1n) is 10.8. The molecule has 1 saturated heterocycles. The van der Waals surface area contributed by atoms with Gasteiger partial charge < -0.3 is 15.1 Å². The highest BCUT2D eigenvalue weighted by Crippen LogP contribution is 2.57. The number of nitrogens with zero attached hydrogens (tertiary/aromatic N) is 3. The van der Waals surface area contributed by atoms with Gasteiger partial charge in [-0.05, 0) is 41.7 Å². The monoisotopic (exact) mass is 457 g/mol. The molecule has 2 heterocycles. The number of halogens is 3. The third-order valence-electron chi connectivity index (χ3n) is 6.44. The predicted molar refractivity (Wildman–Crippen MR) is 114 cm³/mol. The minimum atomic E-state index is -5.00. The molecule has 1 aromatic heterocycles. The second-order valence-corrected chi connectivity index (χ2v) is 8.42. The molecule has 1 unspecified atom stereocenters. The molecule has 5 rings (SSSR count). The van der Waals surface area contributed by atoms with Crippen molar-refractivity contribution in [1.29, 1.82) is 0 Å². The standard InChI is InChI=1S/C24H22F3N3O3/c25-24(26,27)23(33)19-6-2-1-5-17(19)21-18(16-13-28-30(14-16)9-10-31)11-15(12-20(21)23)22(32)29-7-3-4-8-29/h1-2,5-6,11-14,31,33H,3-4,7-10H2. The summed E-state index contributed by atoms with van der Waals surface area (Å²) in [5, 5.41) is 24.5. The normalized spacial score (nSPS) is 19.6. The van der Waals surface area contributed by atoms with Gasteiger partial charge in [0.2, 0.25) is 5.60 Å². The number of alkyl halides is 3. The highest BCUT2D eigenvalue weighted by Gasteiger charge is 2.61. The van der Waals surface area contributed by atoms with E-state index >= 15 is 0 Å². The molecule has 172 valence electrons. The van der Waals surface area contributed by atoms with E-state index < -0.39 is 11.8 Å². The van der Waals surface area contributed by atoms with E-state index in [0.29, 0.717) is 24.2 Å². The van der Waals surface area contributed by atoms with Crippen molar-refractivity contribution < 1.29 is 28.2 Å². The summed E-state index contributed by atoms with van der Waals surface area (Å²) in [5.41, 5.74) is -2.39. The van der Waals surface area contributed by atoms with Crippen molar-refractivity contribution in [3.63, 3.8) is 0 Å². The summed E-state index contributed by atoms with van der Waals surface area (Å²) in [7, 11) is 0. The zero-order valence-electron chi connectivity index (χ0n) is 17.6. The minimum absolute atomic E-state index is 0.0936. The van der Waals surface area contributed by atoms with Crippen LogP contribution in [0.2, 0.25) is 0 Å². The molecule has 1 aliphatic carbocycles. The number of rotatable bonds is 4. The fourth-order valence-electron chi connectivity index (χ4n) is 4.87. The van der Waals surface area contributed by atoms with Crippen molar-refractivity contribution in [3.05, 3.63) is 65.5 Å². The summed E-state index contributed by atoms with van der Waals surface area (Å²) in [4.78, 5) is 14.8. The van der Waals surface area contributed by atoms with E-state index in [1.165, 1.54) is 29.1 Å². The number of hydrogen-bond donors (Lipinski definition) is 2. The zero-order valence-corrected chi connectivity index (χ0v) is 17.6. The van der Waals surface area contributed by atoms with Gasteiger partial charge in [0.15, 0.2) is 0 Å². The van der Waals surface area contributed by atoms with Crippen LogP contribution in [-0.2, 0) is 12.1 Å². The molecule has 0 bridgehead atoms. The van der Waals surface area contributed by atoms with Crippen LogP contribution in [0.3, 0.4) is 0 Å². The Morgan fingerprint density at radius 3 is 2.52 bits per heavy atom. The van der Waals surface area contributed by atoms with Gasteiger partial charge >= 0.3 is 6.18 Å². The number of carbonyl (C=O) groups is 1. The van der Waals surface area contributed by atoms with Crippen LogP contribution in [0.5, 0.6) is 0 Å². The Balaban J connectivity index is 1.79. The van der Waals surface area contributed by atoms with Crippen LogP contribution in [0.15, 0.2) is 48.8 Å². The smallest absolute Gasteiger partial charge is 0.394 e. The van der Waals surface area contributed by atoms with E-state index in [9.17, 15) is 28.2 Å². The summed E-state index contributed by atoms with van der Waals surface area (Å²) in [6.45, 7) is 1.16. The fourth-order valence-corrected chi connectivity index (χ4v) is 4.87. The van der Waals surface area contributed by atoms with Gasteiger partial charge in [-0.25, -0.2) is 0 Å². The van der Waals surface area contributed by atoms with Crippen LogP contribution in [0, 0.1) is 0 Å². The van der Waals surface area contributed by atoms with Crippen molar-refractivity contribution in [2.75, 3.05) is 19.7 Å². The molecule has 2 N–H and O–H groups in total. The third-order valence-corrected chi connectivity index (χ3v) is 6.44. The molecule has 0 radical (unpaired) electrons. The number of likely N-dealkylation sites (tertiary alicyclic amines) is 1. The lowest BCUT2D eigenvalue weighted by Gasteiger charge is -2.29. The van der Waals surface area contributed by atoms with Gasteiger partial charge in [0, 0.05) is 41.5 Å². The number of carbonyl (C=O) groups excluding carboxylic acids is 1. The van der Waals surface area contributed by atoms with E-state index in [0.717, 1.165) is 12.8 Å².